The largest absolute Gasteiger partial charge is 0.490 e. The molecular weight excluding hydrogens is 480 g/mol. The van der Waals surface area contributed by atoms with Crippen molar-refractivity contribution >= 4 is 34.6 Å². The Balaban J connectivity index is 1.17. The molecule has 0 saturated carbocycles. The first-order valence-electron chi connectivity index (χ1n) is 11.1. The molecule has 35 heavy (non-hydrogen) atoms. The molecule has 1 amide bonds. The van der Waals surface area contributed by atoms with Crippen LogP contribution in [0.5, 0.6) is 11.5 Å². The summed E-state index contributed by atoms with van der Waals surface area (Å²) in [6.07, 6.45) is 3.55. The van der Waals surface area contributed by atoms with Crippen LogP contribution in [0.1, 0.15) is 15.9 Å². The number of rotatable bonds is 5. The standard InChI is InChI=1S/C25H22ClF2N3O4/c26-19-9-29-4-3-17(19)15-1-2-23(21(28)5-15)34-12-14-10-31(11-14)25(33)18-6-22-24(7-20(18)27)35-13-16(32)8-30-22/h1-3,5-7,9,14,29-30H,4,8,10-13H2. The molecule has 7 nitrogen and oxygen atoms in total. The molecule has 2 aromatic carbocycles. The van der Waals surface area contributed by atoms with Gasteiger partial charge in [0.25, 0.3) is 5.91 Å². The van der Waals surface area contributed by atoms with Crippen molar-refractivity contribution in [1.82, 2.24) is 10.2 Å². The fraction of sp³-hybridized carbons (Fsp3) is 0.280. The quantitative estimate of drug-likeness (QED) is 0.652. The van der Waals surface area contributed by atoms with E-state index in [2.05, 4.69) is 10.6 Å². The van der Waals surface area contributed by atoms with E-state index in [1.54, 1.807) is 18.3 Å². The lowest BCUT2D eigenvalue weighted by atomic mass is 9.99. The molecule has 3 aliphatic heterocycles. The molecule has 0 bridgehead atoms. The van der Waals surface area contributed by atoms with E-state index in [0.717, 1.165) is 11.6 Å². The highest BCUT2D eigenvalue weighted by Crippen LogP contribution is 2.32. The SMILES string of the molecule is O=C1CNc2cc(C(=O)N3CC(COc4ccc(C5=CCNC=C5Cl)cc4F)C3)c(F)cc2OC1. The number of Topliss-reactive ketones (excluding diaryl/α,β-unsaturated/α-hetero) is 1. The number of likely N-dealkylation sites (tertiary alicyclic amines) is 1. The van der Waals surface area contributed by atoms with Crippen LogP contribution in [0.15, 0.2) is 47.6 Å². The second-order valence-corrected chi connectivity index (χ2v) is 8.97. The third-order valence-corrected chi connectivity index (χ3v) is 6.35. The minimum absolute atomic E-state index is 0.00880. The Hall–Kier alpha value is -3.59. The average molecular weight is 502 g/mol. The summed E-state index contributed by atoms with van der Waals surface area (Å²) in [5, 5.41) is 6.36. The van der Waals surface area contributed by atoms with Gasteiger partial charge in [0, 0.05) is 37.8 Å². The Kier molecular flexibility index (Phi) is 6.34. The van der Waals surface area contributed by atoms with Crippen molar-refractivity contribution in [1.29, 1.82) is 0 Å². The van der Waals surface area contributed by atoms with Gasteiger partial charge in [-0.2, -0.15) is 0 Å². The normalized spacial score (nSPS) is 17.6. The number of nitrogens with zero attached hydrogens (tertiary/aromatic N) is 1. The molecule has 182 valence electrons. The minimum atomic E-state index is -0.717. The van der Waals surface area contributed by atoms with Crippen LogP contribution in [0.25, 0.3) is 5.57 Å². The monoisotopic (exact) mass is 501 g/mol. The zero-order chi connectivity index (χ0) is 24.5. The van der Waals surface area contributed by atoms with Gasteiger partial charge in [0.1, 0.15) is 18.2 Å². The molecule has 0 atom stereocenters. The summed E-state index contributed by atoms with van der Waals surface area (Å²) in [5.41, 5.74) is 1.71. The third-order valence-electron chi connectivity index (χ3n) is 6.04. The number of fused-ring (bicyclic) bond motifs is 1. The van der Waals surface area contributed by atoms with Gasteiger partial charge < -0.3 is 25.0 Å². The maximum absolute atomic E-state index is 14.6. The molecule has 0 aromatic heterocycles. The minimum Gasteiger partial charge on any atom is -0.490 e. The predicted octanol–water partition coefficient (Wildman–Crippen LogP) is 3.56. The summed E-state index contributed by atoms with van der Waals surface area (Å²) in [6, 6.07) is 7.17. The van der Waals surface area contributed by atoms with Crippen LogP contribution in [0, 0.1) is 17.6 Å². The number of hydrogen-bond donors (Lipinski definition) is 2. The third kappa shape index (κ3) is 4.81. The summed E-state index contributed by atoms with van der Waals surface area (Å²) >= 11 is 6.18. The highest BCUT2D eigenvalue weighted by atomic mass is 35.5. The molecule has 3 heterocycles. The van der Waals surface area contributed by atoms with Crippen molar-refractivity contribution in [3.63, 3.8) is 0 Å². The van der Waals surface area contributed by atoms with Crippen molar-refractivity contribution in [2.24, 2.45) is 5.92 Å². The first-order chi connectivity index (χ1) is 16.9. The first-order valence-corrected chi connectivity index (χ1v) is 11.5. The number of nitrogens with one attached hydrogen (secondary N) is 2. The number of carbonyl (C=O) groups excluding carboxylic acids is 2. The number of halogens is 3. The molecule has 3 aliphatic rings. The van der Waals surface area contributed by atoms with Crippen LogP contribution in [0.4, 0.5) is 14.5 Å². The number of amides is 1. The summed E-state index contributed by atoms with van der Waals surface area (Å²) in [4.78, 5) is 25.8. The van der Waals surface area contributed by atoms with Crippen LogP contribution in [-0.2, 0) is 4.79 Å². The van der Waals surface area contributed by atoms with Crippen LogP contribution >= 0.6 is 11.6 Å². The van der Waals surface area contributed by atoms with Crippen molar-refractivity contribution in [3.05, 3.63) is 70.4 Å². The highest BCUT2D eigenvalue weighted by Gasteiger charge is 2.34. The van der Waals surface area contributed by atoms with Crippen molar-refractivity contribution in [2.45, 2.75) is 0 Å². The molecule has 0 unspecified atom stereocenters. The number of dihydropyridines is 1. The molecule has 5 rings (SSSR count). The number of benzene rings is 2. The van der Waals surface area contributed by atoms with E-state index in [1.165, 1.54) is 17.0 Å². The summed E-state index contributed by atoms with van der Waals surface area (Å²) < 4.78 is 40.1. The lowest BCUT2D eigenvalue weighted by Crippen LogP contribution is -2.52. The predicted molar refractivity (Wildman–Crippen MR) is 127 cm³/mol. The maximum atomic E-state index is 14.6. The zero-order valence-electron chi connectivity index (χ0n) is 18.6. The topological polar surface area (TPSA) is 79.9 Å². The number of anilines is 1. The van der Waals surface area contributed by atoms with E-state index >= 15 is 0 Å². The Morgan fingerprint density at radius 2 is 2.03 bits per heavy atom. The molecule has 1 saturated heterocycles. The van der Waals surface area contributed by atoms with Crippen molar-refractivity contribution in [2.75, 3.05) is 44.7 Å². The van der Waals surface area contributed by atoms with Gasteiger partial charge in [-0.15, -0.1) is 0 Å². The molecule has 10 heteroatoms. The van der Waals surface area contributed by atoms with Gasteiger partial charge >= 0.3 is 0 Å². The van der Waals surface area contributed by atoms with Gasteiger partial charge in [-0.25, -0.2) is 8.78 Å². The fourth-order valence-electron chi connectivity index (χ4n) is 4.12. The number of hydrogen-bond acceptors (Lipinski definition) is 6. The first kappa shape index (κ1) is 23.2. The maximum Gasteiger partial charge on any atom is 0.256 e. The van der Waals surface area contributed by atoms with Crippen LogP contribution < -0.4 is 20.1 Å². The average Bonchev–Trinajstić information content (AvgIpc) is 2.99. The number of carbonyl (C=O) groups is 2. The molecule has 0 radical (unpaired) electrons. The summed E-state index contributed by atoms with van der Waals surface area (Å²) in [6.45, 7) is 1.45. The van der Waals surface area contributed by atoms with Gasteiger partial charge in [0.15, 0.2) is 17.3 Å². The van der Waals surface area contributed by atoms with Gasteiger partial charge in [-0.3, -0.25) is 9.59 Å². The lowest BCUT2D eigenvalue weighted by Gasteiger charge is -2.39. The van der Waals surface area contributed by atoms with Crippen LogP contribution in [-0.4, -0.2) is 56.0 Å². The highest BCUT2D eigenvalue weighted by molar-refractivity contribution is 6.37. The van der Waals surface area contributed by atoms with Gasteiger partial charge in [0.2, 0.25) is 0 Å². The van der Waals surface area contributed by atoms with Crippen LogP contribution in [0.2, 0.25) is 0 Å². The molecule has 1 fully saturated rings. The Morgan fingerprint density at radius 1 is 1.20 bits per heavy atom. The molecule has 2 aromatic rings. The smallest absolute Gasteiger partial charge is 0.256 e. The van der Waals surface area contributed by atoms with E-state index < -0.39 is 17.5 Å². The Labute approximate surface area is 205 Å². The molecule has 0 aliphatic carbocycles. The van der Waals surface area contributed by atoms with Crippen LogP contribution in [0.3, 0.4) is 0 Å². The van der Waals surface area contributed by atoms with E-state index in [-0.39, 0.29) is 48.5 Å². The van der Waals surface area contributed by atoms with E-state index in [0.29, 0.717) is 35.9 Å². The lowest BCUT2D eigenvalue weighted by molar-refractivity contribution is -0.119. The van der Waals surface area contributed by atoms with E-state index in [4.69, 9.17) is 21.1 Å². The van der Waals surface area contributed by atoms with Crippen molar-refractivity contribution < 1.29 is 27.8 Å². The summed E-state index contributed by atoms with van der Waals surface area (Å²) in [7, 11) is 0. The Morgan fingerprint density at radius 3 is 2.80 bits per heavy atom. The Bertz CT molecular complexity index is 1260. The second-order valence-electron chi connectivity index (χ2n) is 8.56. The zero-order valence-corrected chi connectivity index (χ0v) is 19.3. The number of allylic oxidation sites excluding steroid dienone is 2. The molecular formula is C25H22ClF2N3O4. The molecule has 2 N–H and O–H groups in total. The fourth-order valence-corrected chi connectivity index (χ4v) is 4.39. The van der Waals surface area contributed by atoms with Gasteiger partial charge in [0.05, 0.1) is 29.4 Å². The molecule has 0 spiro atoms. The summed E-state index contributed by atoms with van der Waals surface area (Å²) in [5.74, 6) is -1.55. The number of ketones is 1. The second kappa shape index (κ2) is 9.58. The van der Waals surface area contributed by atoms with Gasteiger partial charge in [-0.05, 0) is 29.3 Å². The number of ether oxygens (including phenoxy) is 2. The van der Waals surface area contributed by atoms with Gasteiger partial charge in [-0.1, -0.05) is 23.7 Å². The van der Waals surface area contributed by atoms with Crippen molar-refractivity contribution in [3.8, 4) is 11.5 Å². The van der Waals surface area contributed by atoms with E-state index in [9.17, 15) is 18.4 Å². The van der Waals surface area contributed by atoms with E-state index in [1.807, 2.05) is 6.08 Å².